The maximum Gasteiger partial charge on any atom is 0.251 e. The molecule has 0 saturated carbocycles. The maximum absolute atomic E-state index is 12.4. The lowest BCUT2D eigenvalue weighted by Crippen LogP contribution is -2.46. The smallest absolute Gasteiger partial charge is 0.251 e. The Bertz CT molecular complexity index is 758. The van der Waals surface area contributed by atoms with Crippen molar-refractivity contribution in [2.24, 2.45) is 5.92 Å². The number of rotatable bonds is 4. The highest BCUT2D eigenvalue weighted by Crippen LogP contribution is 2.21. The van der Waals surface area contributed by atoms with Crippen LogP contribution in [0, 0.1) is 5.92 Å². The number of likely N-dealkylation sites (tertiary alicyclic amines) is 1. The number of carbonyl (C=O) groups excluding carboxylic acids is 2. The first-order valence-corrected chi connectivity index (χ1v) is 9.17. The molecule has 2 aliphatic rings. The number of hydrogen-bond acceptors (Lipinski definition) is 5. The van der Waals surface area contributed by atoms with Gasteiger partial charge in [0.05, 0.1) is 12.2 Å². The summed E-state index contributed by atoms with van der Waals surface area (Å²) in [6, 6.07) is 1.84. The average molecular weight is 357 g/mol. The topological polar surface area (TPSA) is 88.8 Å². The summed E-state index contributed by atoms with van der Waals surface area (Å²) < 4.78 is 7.30. The third-order valence-electron chi connectivity index (χ3n) is 5.11. The second kappa shape index (κ2) is 7.41. The second-order valence-electron chi connectivity index (χ2n) is 6.88. The molecule has 0 aromatic carbocycles. The van der Waals surface area contributed by atoms with Gasteiger partial charge in [-0.3, -0.25) is 14.0 Å². The van der Waals surface area contributed by atoms with Crippen molar-refractivity contribution in [3.05, 3.63) is 30.4 Å². The molecule has 1 atom stereocenters. The minimum absolute atomic E-state index is 0.0271. The zero-order chi connectivity index (χ0) is 17.9. The summed E-state index contributed by atoms with van der Waals surface area (Å²) in [6.07, 6.45) is 8.31. The van der Waals surface area contributed by atoms with E-state index >= 15 is 0 Å². The molecular weight excluding hydrogens is 334 g/mol. The molecule has 2 aliphatic heterocycles. The summed E-state index contributed by atoms with van der Waals surface area (Å²) in [6.45, 7) is 2.30. The van der Waals surface area contributed by atoms with Crippen molar-refractivity contribution in [3.8, 4) is 0 Å². The molecule has 26 heavy (non-hydrogen) atoms. The van der Waals surface area contributed by atoms with Crippen molar-refractivity contribution in [2.45, 2.75) is 38.3 Å². The molecule has 2 aromatic heterocycles. The fourth-order valence-electron chi connectivity index (χ4n) is 3.62. The van der Waals surface area contributed by atoms with E-state index < -0.39 is 0 Å². The number of imidazole rings is 1. The number of piperidine rings is 1. The van der Waals surface area contributed by atoms with Gasteiger partial charge >= 0.3 is 0 Å². The Kier molecular flexibility index (Phi) is 4.83. The van der Waals surface area contributed by atoms with E-state index in [0.717, 1.165) is 18.5 Å². The van der Waals surface area contributed by atoms with Gasteiger partial charge in [0.1, 0.15) is 6.10 Å². The van der Waals surface area contributed by atoms with Crippen LogP contribution in [0.3, 0.4) is 0 Å². The molecule has 2 saturated heterocycles. The number of aromatic nitrogens is 3. The Hall–Kier alpha value is -2.48. The molecule has 4 heterocycles. The highest BCUT2D eigenvalue weighted by atomic mass is 16.5. The molecule has 2 fully saturated rings. The van der Waals surface area contributed by atoms with Gasteiger partial charge in [-0.05, 0) is 31.7 Å². The molecule has 138 valence electrons. The predicted octanol–water partition coefficient (Wildman–Crippen LogP) is 0.763. The van der Waals surface area contributed by atoms with Crippen molar-refractivity contribution in [3.63, 3.8) is 0 Å². The third kappa shape index (κ3) is 3.55. The number of nitrogens with zero attached hydrogens (tertiary/aromatic N) is 4. The predicted molar refractivity (Wildman–Crippen MR) is 93.1 cm³/mol. The van der Waals surface area contributed by atoms with Gasteiger partial charge in [0, 0.05) is 44.2 Å². The molecule has 0 unspecified atom stereocenters. The van der Waals surface area contributed by atoms with Crippen LogP contribution in [0.2, 0.25) is 0 Å². The van der Waals surface area contributed by atoms with Crippen molar-refractivity contribution in [1.82, 2.24) is 24.6 Å². The molecule has 1 N–H and O–H groups in total. The number of amides is 2. The van der Waals surface area contributed by atoms with Crippen LogP contribution in [-0.4, -0.2) is 56.9 Å². The van der Waals surface area contributed by atoms with E-state index in [-0.39, 0.29) is 23.8 Å². The van der Waals surface area contributed by atoms with E-state index in [1.54, 1.807) is 6.20 Å². The van der Waals surface area contributed by atoms with E-state index in [1.165, 1.54) is 0 Å². The van der Waals surface area contributed by atoms with Crippen LogP contribution in [0.4, 0.5) is 0 Å². The van der Waals surface area contributed by atoms with Gasteiger partial charge in [-0.25, -0.2) is 9.97 Å². The van der Waals surface area contributed by atoms with E-state index in [9.17, 15) is 9.59 Å². The van der Waals surface area contributed by atoms with Gasteiger partial charge in [-0.2, -0.15) is 0 Å². The first kappa shape index (κ1) is 17.0. The number of fused-ring (bicyclic) bond motifs is 1. The fraction of sp³-hybridized carbons (Fsp3) is 0.556. The molecule has 0 aliphatic carbocycles. The summed E-state index contributed by atoms with van der Waals surface area (Å²) in [5.74, 6) is 0.675. The van der Waals surface area contributed by atoms with Gasteiger partial charge in [0.15, 0.2) is 0 Å². The van der Waals surface area contributed by atoms with Gasteiger partial charge in [0.2, 0.25) is 11.7 Å². The number of hydrogen-bond donors (Lipinski definition) is 1. The van der Waals surface area contributed by atoms with Crippen LogP contribution in [0.5, 0.6) is 0 Å². The van der Waals surface area contributed by atoms with Gasteiger partial charge < -0.3 is 15.0 Å². The standard InChI is InChI=1S/C18H23N5O3/c24-16(20-11-14-12-23-7-2-6-19-18(23)21-14)13-4-8-22(9-5-13)17(25)15-3-1-10-26-15/h2,6-7,12-13,15H,1,3-5,8-11H2,(H,20,24)/t15-/m0/s1. The van der Waals surface area contributed by atoms with E-state index in [0.29, 0.717) is 44.9 Å². The van der Waals surface area contributed by atoms with Crippen molar-refractivity contribution < 1.29 is 14.3 Å². The summed E-state index contributed by atoms with van der Waals surface area (Å²) >= 11 is 0. The Morgan fingerprint density at radius 2 is 2.12 bits per heavy atom. The molecule has 4 rings (SSSR count). The van der Waals surface area contributed by atoms with Crippen molar-refractivity contribution in [1.29, 1.82) is 0 Å². The highest BCUT2D eigenvalue weighted by Gasteiger charge is 2.32. The zero-order valence-electron chi connectivity index (χ0n) is 14.6. The SMILES string of the molecule is O=C(NCc1cn2cccnc2n1)C1CCN(C(=O)[C@@H]2CCCO2)CC1. The summed E-state index contributed by atoms with van der Waals surface area (Å²) in [5, 5.41) is 2.96. The third-order valence-corrected chi connectivity index (χ3v) is 5.11. The number of nitrogens with one attached hydrogen (secondary N) is 1. The Balaban J connectivity index is 1.26. The second-order valence-corrected chi connectivity index (χ2v) is 6.88. The zero-order valence-corrected chi connectivity index (χ0v) is 14.6. The van der Waals surface area contributed by atoms with Crippen LogP contribution in [0.25, 0.3) is 5.78 Å². The fourth-order valence-corrected chi connectivity index (χ4v) is 3.62. The number of carbonyl (C=O) groups is 2. The Labute approximate surface area is 151 Å². The van der Waals surface area contributed by atoms with Crippen LogP contribution < -0.4 is 5.32 Å². The highest BCUT2D eigenvalue weighted by molar-refractivity contribution is 5.82. The lowest BCUT2D eigenvalue weighted by molar-refractivity contribution is -0.143. The molecule has 0 spiro atoms. The van der Waals surface area contributed by atoms with E-state index in [1.807, 2.05) is 27.8 Å². The van der Waals surface area contributed by atoms with Crippen molar-refractivity contribution in [2.75, 3.05) is 19.7 Å². The number of ether oxygens (including phenoxy) is 1. The average Bonchev–Trinajstić information content (AvgIpc) is 3.35. The van der Waals surface area contributed by atoms with E-state index in [4.69, 9.17) is 4.74 Å². The minimum atomic E-state index is -0.274. The van der Waals surface area contributed by atoms with Gasteiger partial charge in [-0.1, -0.05) is 0 Å². The first-order chi connectivity index (χ1) is 12.7. The summed E-state index contributed by atoms with van der Waals surface area (Å²) in [5.41, 5.74) is 0.781. The van der Waals surface area contributed by atoms with E-state index in [2.05, 4.69) is 15.3 Å². The molecule has 2 amide bonds. The Morgan fingerprint density at radius 1 is 1.27 bits per heavy atom. The Morgan fingerprint density at radius 3 is 2.85 bits per heavy atom. The normalized spacial score (nSPS) is 21.2. The minimum Gasteiger partial charge on any atom is -0.368 e. The lowest BCUT2D eigenvalue weighted by atomic mass is 9.95. The lowest BCUT2D eigenvalue weighted by Gasteiger charge is -2.32. The van der Waals surface area contributed by atoms with Crippen LogP contribution in [0.1, 0.15) is 31.4 Å². The molecule has 0 radical (unpaired) electrons. The van der Waals surface area contributed by atoms with Gasteiger partial charge in [0.25, 0.3) is 5.91 Å². The molecular formula is C18H23N5O3. The van der Waals surface area contributed by atoms with Crippen molar-refractivity contribution >= 4 is 17.6 Å². The quantitative estimate of drug-likeness (QED) is 0.873. The van der Waals surface area contributed by atoms with Crippen LogP contribution in [-0.2, 0) is 20.9 Å². The molecule has 8 nitrogen and oxygen atoms in total. The maximum atomic E-state index is 12.4. The monoisotopic (exact) mass is 357 g/mol. The van der Waals surface area contributed by atoms with Gasteiger partial charge in [-0.15, -0.1) is 0 Å². The van der Waals surface area contributed by atoms with Crippen LogP contribution >= 0.6 is 0 Å². The summed E-state index contributed by atoms with van der Waals surface area (Å²) in [4.78, 5) is 35.2. The molecule has 2 aromatic rings. The first-order valence-electron chi connectivity index (χ1n) is 9.17. The molecule has 8 heteroatoms. The van der Waals surface area contributed by atoms with Crippen LogP contribution in [0.15, 0.2) is 24.7 Å². The largest absolute Gasteiger partial charge is 0.368 e. The summed E-state index contributed by atoms with van der Waals surface area (Å²) in [7, 11) is 0. The molecule has 0 bridgehead atoms.